The molecule has 1 aromatic carbocycles. The Morgan fingerprint density at radius 3 is 2.64 bits per heavy atom. The smallest absolute Gasteiger partial charge is 0.245 e. The van der Waals surface area contributed by atoms with Crippen molar-refractivity contribution in [2.45, 2.75) is 30.3 Å². The van der Waals surface area contributed by atoms with Crippen molar-refractivity contribution in [3.05, 3.63) is 59.4 Å². The minimum absolute atomic E-state index is 0.0980. The Morgan fingerprint density at radius 1 is 1.24 bits per heavy atom. The van der Waals surface area contributed by atoms with Gasteiger partial charge in [0.05, 0.1) is 6.54 Å². The molecule has 0 saturated heterocycles. The molecule has 0 unspecified atom stereocenters. The van der Waals surface area contributed by atoms with Crippen molar-refractivity contribution < 1.29 is 13.2 Å². The number of hydrogen-bond donors (Lipinski definition) is 1. The van der Waals surface area contributed by atoms with Crippen LogP contribution in [0.2, 0.25) is 5.02 Å². The van der Waals surface area contributed by atoms with Gasteiger partial charge in [-0.25, -0.2) is 8.42 Å². The first-order valence-electron chi connectivity index (χ1n) is 7.90. The van der Waals surface area contributed by atoms with Gasteiger partial charge in [0.1, 0.15) is 4.90 Å². The number of sulfonamides is 1. The first-order chi connectivity index (χ1) is 12.0. The van der Waals surface area contributed by atoms with E-state index in [1.54, 1.807) is 12.1 Å². The van der Waals surface area contributed by atoms with Crippen LogP contribution in [-0.4, -0.2) is 36.2 Å². The summed E-state index contributed by atoms with van der Waals surface area (Å²) in [5.41, 5.74) is 0.783. The third kappa shape index (κ3) is 4.36. The number of halogens is 1. The molecule has 1 fully saturated rings. The zero-order valence-electron chi connectivity index (χ0n) is 13.4. The van der Waals surface area contributed by atoms with E-state index in [0.717, 1.165) is 18.4 Å². The van der Waals surface area contributed by atoms with Crippen LogP contribution in [-0.2, 0) is 21.4 Å². The quantitative estimate of drug-likeness (QED) is 0.799. The third-order valence-electron chi connectivity index (χ3n) is 3.93. The lowest BCUT2D eigenvalue weighted by Gasteiger charge is -2.21. The average molecular weight is 380 g/mol. The van der Waals surface area contributed by atoms with Gasteiger partial charge in [0.25, 0.3) is 0 Å². The molecule has 1 aromatic heterocycles. The molecule has 0 aliphatic heterocycles. The Bertz CT molecular complexity index is 854. The van der Waals surface area contributed by atoms with Gasteiger partial charge in [-0.3, -0.25) is 9.78 Å². The van der Waals surface area contributed by atoms with Gasteiger partial charge in [-0.15, -0.1) is 0 Å². The van der Waals surface area contributed by atoms with Crippen LogP contribution in [0.3, 0.4) is 0 Å². The summed E-state index contributed by atoms with van der Waals surface area (Å²) in [6.07, 6.45) is 4.33. The third-order valence-corrected chi connectivity index (χ3v) is 6.18. The lowest BCUT2D eigenvalue weighted by molar-refractivity contribution is -0.121. The maximum Gasteiger partial charge on any atom is 0.245 e. The summed E-state index contributed by atoms with van der Waals surface area (Å²) in [6, 6.07) is 10.1. The van der Waals surface area contributed by atoms with E-state index in [1.165, 1.54) is 22.8 Å². The molecule has 1 N–H and O–H groups in total. The second-order valence-electron chi connectivity index (χ2n) is 5.84. The molecule has 0 atom stereocenters. The Morgan fingerprint density at radius 2 is 2.00 bits per heavy atom. The lowest BCUT2D eigenvalue weighted by atomic mass is 10.2. The van der Waals surface area contributed by atoms with Crippen LogP contribution >= 0.6 is 11.6 Å². The predicted octanol–water partition coefficient (Wildman–Crippen LogP) is 2.20. The van der Waals surface area contributed by atoms with Gasteiger partial charge in [-0.1, -0.05) is 29.8 Å². The van der Waals surface area contributed by atoms with E-state index in [-0.39, 0.29) is 29.9 Å². The first kappa shape index (κ1) is 17.8. The summed E-state index contributed by atoms with van der Waals surface area (Å²) in [5, 5.41) is 3.29. The van der Waals surface area contributed by atoms with E-state index in [4.69, 9.17) is 11.6 Å². The summed E-state index contributed by atoms with van der Waals surface area (Å²) in [4.78, 5) is 16.2. The number of nitrogens with zero attached hydrogens (tertiary/aromatic N) is 2. The van der Waals surface area contributed by atoms with E-state index in [2.05, 4.69) is 10.3 Å². The van der Waals surface area contributed by atoms with Gasteiger partial charge in [0, 0.05) is 30.0 Å². The maximum atomic E-state index is 12.8. The number of pyridine rings is 1. The normalized spacial score (nSPS) is 14.5. The minimum Gasteiger partial charge on any atom is -0.351 e. The van der Waals surface area contributed by atoms with Crippen LogP contribution < -0.4 is 5.32 Å². The standard InChI is InChI=1S/C17H18ClN3O3S/c18-16-6-2-1-4-13(16)10-20-17(22)12-21(14-7-8-14)25(23,24)15-5-3-9-19-11-15/h1-6,9,11,14H,7-8,10,12H2,(H,20,22). The second kappa shape index (κ2) is 7.51. The van der Waals surface area contributed by atoms with Crippen molar-refractivity contribution in [1.82, 2.24) is 14.6 Å². The molecule has 25 heavy (non-hydrogen) atoms. The zero-order chi connectivity index (χ0) is 17.9. The van der Waals surface area contributed by atoms with Crippen LogP contribution in [0.15, 0.2) is 53.7 Å². The molecule has 1 heterocycles. The van der Waals surface area contributed by atoms with Crippen molar-refractivity contribution in [1.29, 1.82) is 0 Å². The van der Waals surface area contributed by atoms with E-state index in [1.807, 2.05) is 18.2 Å². The Hall–Kier alpha value is -1.96. The highest BCUT2D eigenvalue weighted by Gasteiger charge is 2.39. The molecule has 2 aromatic rings. The van der Waals surface area contributed by atoms with E-state index in [9.17, 15) is 13.2 Å². The summed E-state index contributed by atoms with van der Waals surface area (Å²) in [6.45, 7) is 0.0380. The van der Waals surface area contributed by atoms with Gasteiger partial charge in [0.15, 0.2) is 0 Å². The monoisotopic (exact) mass is 379 g/mol. The second-order valence-corrected chi connectivity index (χ2v) is 8.14. The molecule has 3 rings (SSSR count). The molecule has 132 valence electrons. The topological polar surface area (TPSA) is 79.4 Å². The average Bonchev–Trinajstić information content (AvgIpc) is 3.44. The van der Waals surface area contributed by atoms with Crippen molar-refractivity contribution in [3.8, 4) is 0 Å². The van der Waals surface area contributed by atoms with Crippen LogP contribution in [0, 0.1) is 0 Å². The molecule has 0 spiro atoms. The molecule has 1 saturated carbocycles. The summed E-state index contributed by atoms with van der Waals surface area (Å²) in [7, 11) is -3.74. The van der Waals surface area contributed by atoms with Crippen molar-refractivity contribution in [2.24, 2.45) is 0 Å². The van der Waals surface area contributed by atoms with E-state index in [0.29, 0.717) is 5.02 Å². The summed E-state index contributed by atoms with van der Waals surface area (Å²) < 4.78 is 26.8. The molecule has 8 heteroatoms. The van der Waals surface area contributed by atoms with Crippen molar-refractivity contribution in [2.75, 3.05) is 6.54 Å². The largest absolute Gasteiger partial charge is 0.351 e. The van der Waals surface area contributed by atoms with Crippen LogP contribution in [0.4, 0.5) is 0 Å². The number of aromatic nitrogens is 1. The number of benzene rings is 1. The minimum atomic E-state index is -3.74. The molecule has 0 radical (unpaired) electrons. The lowest BCUT2D eigenvalue weighted by Crippen LogP contribution is -2.41. The van der Waals surface area contributed by atoms with Gasteiger partial charge < -0.3 is 5.32 Å². The molecule has 1 aliphatic rings. The highest BCUT2D eigenvalue weighted by atomic mass is 35.5. The number of carbonyl (C=O) groups is 1. The Labute approximate surface area is 151 Å². The molecule has 6 nitrogen and oxygen atoms in total. The highest BCUT2D eigenvalue weighted by molar-refractivity contribution is 7.89. The van der Waals surface area contributed by atoms with Gasteiger partial charge in [-0.05, 0) is 36.6 Å². The fourth-order valence-corrected chi connectivity index (χ4v) is 4.25. The van der Waals surface area contributed by atoms with Gasteiger partial charge in [0.2, 0.25) is 15.9 Å². The number of carbonyl (C=O) groups excluding carboxylic acids is 1. The van der Waals surface area contributed by atoms with Crippen molar-refractivity contribution in [3.63, 3.8) is 0 Å². The molecule has 0 bridgehead atoms. The SMILES string of the molecule is O=C(CN(C1CC1)S(=O)(=O)c1cccnc1)NCc1ccccc1Cl. The summed E-state index contributed by atoms with van der Waals surface area (Å²) >= 11 is 6.06. The number of hydrogen-bond acceptors (Lipinski definition) is 4. The fraction of sp³-hybridized carbons (Fsp3) is 0.294. The van der Waals surface area contributed by atoms with E-state index < -0.39 is 10.0 Å². The summed E-state index contributed by atoms with van der Waals surface area (Å²) in [5.74, 6) is -0.362. The molecular weight excluding hydrogens is 362 g/mol. The van der Waals surface area contributed by atoms with Crippen molar-refractivity contribution >= 4 is 27.5 Å². The highest BCUT2D eigenvalue weighted by Crippen LogP contribution is 2.31. The Balaban J connectivity index is 1.68. The van der Waals surface area contributed by atoms with Gasteiger partial charge >= 0.3 is 0 Å². The number of nitrogens with one attached hydrogen (secondary N) is 1. The molecule has 1 amide bonds. The first-order valence-corrected chi connectivity index (χ1v) is 9.72. The number of amides is 1. The van der Waals surface area contributed by atoms with Crippen LogP contribution in [0.1, 0.15) is 18.4 Å². The molecule has 1 aliphatic carbocycles. The number of rotatable bonds is 7. The Kier molecular flexibility index (Phi) is 5.36. The maximum absolute atomic E-state index is 12.8. The fourth-order valence-electron chi connectivity index (χ4n) is 2.44. The van der Waals surface area contributed by atoms with Gasteiger partial charge in [-0.2, -0.15) is 4.31 Å². The molecular formula is C17H18ClN3O3S. The zero-order valence-corrected chi connectivity index (χ0v) is 15.0. The van der Waals surface area contributed by atoms with Crippen LogP contribution in [0.25, 0.3) is 0 Å². The predicted molar refractivity (Wildman–Crippen MR) is 94.4 cm³/mol. The van der Waals surface area contributed by atoms with Crippen LogP contribution in [0.5, 0.6) is 0 Å². The van der Waals surface area contributed by atoms with E-state index >= 15 is 0 Å².